The van der Waals surface area contributed by atoms with Crippen molar-refractivity contribution < 1.29 is 4.79 Å². The molecule has 0 N–H and O–H groups in total. The number of aromatic nitrogens is 2. The standard InChI is InChI=1S/C22H34N4O/c1-2-20-23-4-6-24(20)5-3-21(27)25-7-9-26(10-8-25)22-14-17-11-18(15-22)13-19(12-17)16-22/h4,6,17-19H,2-3,5,7-16H2,1H3. The first kappa shape index (κ1) is 17.7. The van der Waals surface area contributed by atoms with Gasteiger partial charge < -0.3 is 9.47 Å². The molecule has 2 heterocycles. The minimum atomic E-state index is 0.316. The molecule has 0 unspecified atom stereocenters. The van der Waals surface area contributed by atoms with Crippen LogP contribution >= 0.6 is 0 Å². The number of carbonyl (C=O) groups is 1. The van der Waals surface area contributed by atoms with E-state index in [9.17, 15) is 4.79 Å². The molecule has 5 aliphatic rings. The zero-order chi connectivity index (χ0) is 18.4. The first-order valence-electron chi connectivity index (χ1n) is 11.2. The van der Waals surface area contributed by atoms with Gasteiger partial charge >= 0.3 is 0 Å². The van der Waals surface area contributed by atoms with Crippen molar-refractivity contribution in [2.45, 2.75) is 70.4 Å². The van der Waals surface area contributed by atoms with Gasteiger partial charge in [0.15, 0.2) is 0 Å². The van der Waals surface area contributed by atoms with E-state index in [0.717, 1.165) is 62.7 Å². The molecule has 0 radical (unpaired) electrons. The van der Waals surface area contributed by atoms with E-state index in [2.05, 4.69) is 26.3 Å². The molecule has 1 aliphatic heterocycles. The molecule has 27 heavy (non-hydrogen) atoms. The van der Waals surface area contributed by atoms with Crippen LogP contribution < -0.4 is 0 Å². The van der Waals surface area contributed by atoms with E-state index in [1.54, 1.807) is 0 Å². The van der Waals surface area contributed by atoms with Crippen LogP contribution in [0, 0.1) is 17.8 Å². The largest absolute Gasteiger partial charge is 0.340 e. The van der Waals surface area contributed by atoms with Crippen molar-refractivity contribution in [3.05, 3.63) is 18.2 Å². The van der Waals surface area contributed by atoms with Gasteiger partial charge in [0.1, 0.15) is 5.82 Å². The molecule has 4 bridgehead atoms. The minimum Gasteiger partial charge on any atom is -0.340 e. The maximum absolute atomic E-state index is 12.7. The van der Waals surface area contributed by atoms with E-state index in [1.165, 1.54) is 38.5 Å². The summed E-state index contributed by atoms with van der Waals surface area (Å²) >= 11 is 0. The second kappa shape index (κ2) is 6.91. The summed E-state index contributed by atoms with van der Waals surface area (Å²) in [6, 6.07) is 0. The predicted octanol–water partition coefficient (Wildman–Crippen LogP) is 2.95. The Bertz CT molecular complexity index is 653. The maximum atomic E-state index is 12.7. The van der Waals surface area contributed by atoms with Crippen molar-refractivity contribution in [3.8, 4) is 0 Å². The average Bonchev–Trinajstić information content (AvgIpc) is 3.13. The molecule has 1 aromatic heterocycles. The van der Waals surface area contributed by atoms with Gasteiger partial charge in [0, 0.05) is 63.5 Å². The fourth-order valence-corrected chi connectivity index (χ4v) is 7.11. The second-order valence-corrected chi connectivity index (χ2v) is 9.65. The third-order valence-electron chi connectivity index (χ3n) is 7.99. The number of aryl methyl sites for hydroxylation is 2. The Labute approximate surface area is 163 Å². The van der Waals surface area contributed by atoms with E-state index in [0.29, 0.717) is 17.9 Å². The molecule has 1 saturated heterocycles. The molecule has 1 aromatic rings. The predicted molar refractivity (Wildman–Crippen MR) is 105 cm³/mol. The highest BCUT2D eigenvalue weighted by Gasteiger charge is 2.53. The topological polar surface area (TPSA) is 41.4 Å². The van der Waals surface area contributed by atoms with Crippen molar-refractivity contribution in [1.82, 2.24) is 19.4 Å². The number of hydrogen-bond donors (Lipinski definition) is 0. The SMILES string of the molecule is CCc1nccn1CCC(=O)N1CCN(C23CC4CC(CC(C4)C2)C3)CC1. The van der Waals surface area contributed by atoms with Gasteiger partial charge in [-0.05, 0) is 56.3 Å². The number of carbonyl (C=O) groups excluding carboxylic acids is 1. The number of piperazine rings is 1. The van der Waals surface area contributed by atoms with Crippen molar-refractivity contribution in [1.29, 1.82) is 0 Å². The molecule has 0 spiro atoms. The molecule has 5 nitrogen and oxygen atoms in total. The molecule has 5 fully saturated rings. The summed E-state index contributed by atoms with van der Waals surface area (Å²) in [5.74, 6) is 4.39. The molecule has 6 rings (SSSR count). The number of nitrogens with zero attached hydrogens (tertiary/aromatic N) is 4. The van der Waals surface area contributed by atoms with Gasteiger partial charge in [0.25, 0.3) is 0 Å². The molecular weight excluding hydrogens is 336 g/mol. The summed E-state index contributed by atoms with van der Waals surface area (Å²) in [7, 11) is 0. The normalized spacial score (nSPS) is 35.7. The molecule has 0 aromatic carbocycles. The number of amides is 1. The Kier molecular flexibility index (Phi) is 4.53. The van der Waals surface area contributed by atoms with Crippen molar-refractivity contribution >= 4 is 5.91 Å². The lowest BCUT2D eigenvalue weighted by atomic mass is 9.52. The van der Waals surface area contributed by atoms with Crippen LogP contribution in [0.25, 0.3) is 0 Å². The zero-order valence-electron chi connectivity index (χ0n) is 16.8. The summed E-state index contributed by atoms with van der Waals surface area (Å²) in [5.41, 5.74) is 0.497. The third-order valence-corrected chi connectivity index (χ3v) is 7.99. The molecule has 148 valence electrons. The summed E-state index contributed by atoms with van der Waals surface area (Å²) in [6.45, 7) is 6.89. The maximum Gasteiger partial charge on any atom is 0.224 e. The summed E-state index contributed by atoms with van der Waals surface area (Å²) in [5, 5.41) is 0. The van der Waals surface area contributed by atoms with E-state index in [4.69, 9.17) is 0 Å². The van der Waals surface area contributed by atoms with Crippen LogP contribution in [0.5, 0.6) is 0 Å². The fourth-order valence-electron chi connectivity index (χ4n) is 7.11. The molecule has 4 aliphatic carbocycles. The molecule has 1 amide bonds. The van der Waals surface area contributed by atoms with Gasteiger partial charge in [-0.2, -0.15) is 0 Å². The van der Waals surface area contributed by atoms with Crippen LogP contribution in [-0.4, -0.2) is 57.0 Å². The number of imidazole rings is 1. The van der Waals surface area contributed by atoms with Gasteiger partial charge in [0.2, 0.25) is 5.91 Å². The molecular formula is C22H34N4O. The lowest BCUT2D eigenvalue weighted by Crippen LogP contribution is -2.64. The fraction of sp³-hybridized carbons (Fsp3) is 0.818. The summed E-state index contributed by atoms with van der Waals surface area (Å²) < 4.78 is 2.13. The van der Waals surface area contributed by atoms with Crippen LogP contribution in [0.4, 0.5) is 0 Å². The van der Waals surface area contributed by atoms with E-state index in [1.807, 2.05) is 12.4 Å². The monoisotopic (exact) mass is 370 g/mol. The van der Waals surface area contributed by atoms with Crippen LogP contribution in [0.3, 0.4) is 0 Å². The highest BCUT2D eigenvalue weighted by Crippen LogP contribution is 2.57. The Morgan fingerprint density at radius 3 is 2.30 bits per heavy atom. The quantitative estimate of drug-likeness (QED) is 0.800. The van der Waals surface area contributed by atoms with Gasteiger partial charge in [-0.1, -0.05) is 6.92 Å². The van der Waals surface area contributed by atoms with Crippen LogP contribution in [-0.2, 0) is 17.8 Å². The Morgan fingerprint density at radius 2 is 1.70 bits per heavy atom. The lowest BCUT2D eigenvalue weighted by Gasteiger charge is -2.61. The van der Waals surface area contributed by atoms with Gasteiger partial charge in [0.05, 0.1) is 0 Å². The number of rotatable bonds is 5. The van der Waals surface area contributed by atoms with Crippen molar-refractivity contribution in [2.75, 3.05) is 26.2 Å². The van der Waals surface area contributed by atoms with Crippen molar-refractivity contribution in [3.63, 3.8) is 0 Å². The summed E-state index contributed by atoms with van der Waals surface area (Å²) in [6.07, 6.45) is 14.2. The smallest absolute Gasteiger partial charge is 0.224 e. The Hall–Kier alpha value is -1.36. The third kappa shape index (κ3) is 3.22. The van der Waals surface area contributed by atoms with Gasteiger partial charge in [-0.15, -0.1) is 0 Å². The first-order chi connectivity index (χ1) is 13.1. The van der Waals surface area contributed by atoms with Crippen molar-refractivity contribution in [2.24, 2.45) is 17.8 Å². The molecule has 0 atom stereocenters. The van der Waals surface area contributed by atoms with E-state index >= 15 is 0 Å². The van der Waals surface area contributed by atoms with Gasteiger partial charge in [-0.3, -0.25) is 9.69 Å². The highest BCUT2D eigenvalue weighted by molar-refractivity contribution is 5.76. The lowest BCUT2D eigenvalue weighted by molar-refractivity contribution is -0.138. The second-order valence-electron chi connectivity index (χ2n) is 9.65. The van der Waals surface area contributed by atoms with Crippen LogP contribution in [0.15, 0.2) is 12.4 Å². The van der Waals surface area contributed by atoms with E-state index in [-0.39, 0.29) is 0 Å². The minimum absolute atomic E-state index is 0.316. The Morgan fingerprint density at radius 1 is 1.07 bits per heavy atom. The molecule has 4 saturated carbocycles. The van der Waals surface area contributed by atoms with E-state index < -0.39 is 0 Å². The summed E-state index contributed by atoms with van der Waals surface area (Å²) in [4.78, 5) is 22.0. The highest BCUT2D eigenvalue weighted by atomic mass is 16.2. The van der Waals surface area contributed by atoms with Crippen LogP contribution in [0.1, 0.15) is 57.7 Å². The zero-order valence-corrected chi connectivity index (χ0v) is 16.8. The average molecular weight is 371 g/mol. The molecule has 5 heteroatoms. The van der Waals surface area contributed by atoms with Gasteiger partial charge in [-0.25, -0.2) is 4.98 Å². The van der Waals surface area contributed by atoms with Crippen LogP contribution in [0.2, 0.25) is 0 Å². The number of hydrogen-bond acceptors (Lipinski definition) is 3. The first-order valence-corrected chi connectivity index (χ1v) is 11.2. The Balaban J connectivity index is 1.15.